The van der Waals surface area contributed by atoms with Gasteiger partial charge in [0.15, 0.2) is 0 Å². The zero-order valence-corrected chi connectivity index (χ0v) is 15.1. The molecule has 4 nitrogen and oxygen atoms in total. The molecule has 3 heterocycles. The lowest BCUT2D eigenvalue weighted by Crippen LogP contribution is -2.49. The topological polar surface area (TPSA) is 61.7 Å². The number of nitrogens with zero attached hydrogens (tertiary/aromatic N) is 2. The Morgan fingerprint density at radius 2 is 2.27 bits per heavy atom. The Hall–Kier alpha value is -0.980. The first kappa shape index (κ1) is 14.6. The SMILES string of the molecule is C[C@@]1(c2sc(Br)cc2Cl)Cc2nc(C3CC3)ncc2C(=N)N1. The second-order valence-electron chi connectivity index (χ2n) is 6.10. The van der Waals surface area contributed by atoms with Crippen molar-refractivity contribution in [2.75, 3.05) is 0 Å². The molecule has 1 saturated carbocycles. The number of amidine groups is 1. The van der Waals surface area contributed by atoms with E-state index in [2.05, 4.69) is 33.2 Å². The summed E-state index contributed by atoms with van der Waals surface area (Å²) in [4.78, 5) is 10.2. The van der Waals surface area contributed by atoms with E-state index in [4.69, 9.17) is 22.0 Å². The average Bonchev–Trinajstić information content (AvgIpc) is 3.23. The first-order valence-corrected chi connectivity index (χ1v) is 9.13. The normalized spacial score (nSPS) is 24.0. The van der Waals surface area contributed by atoms with Crippen LogP contribution < -0.4 is 5.32 Å². The maximum Gasteiger partial charge on any atom is 0.131 e. The van der Waals surface area contributed by atoms with Crippen molar-refractivity contribution in [1.82, 2.24) is 15.3 Å². The lowest BCUT2D eigenvalue weighted by Gasteiger charge is -2.36. The fourth-order valence-electron chi connectivity index (χ4n) is 2.89. The highest BCUT2D eigenvalue weighted by Gasteiger charge is 2.38. The van der Waals surface area contributed by atoms with Gasteiger partial charge >= 0.3 is 0 Å². The molecule has 1 fully saturated rings. The summed E-state index contributed by atoms with van der Waals surface area (Å²) < 4.78 is 0.995. The van der Waals surface area contributed by atoms with Crippen LogP contribution in [0.1, 0.15) is 47.6 Å². The van der Waals surface area contributed by atoms with E-state index >= 15 is 0 Å². The van der Waals surface area contributed by atoms with Gasteiger partial charge < -0.3 is 5.32 Å². The molecule has 1 aliphatic carbocycles. The molecule has 1 aliphatic heterocycles. The predicted molar refractivity (Wildman–Crippen MR) is 92.1 cm³/mol. The van der Waals surface area contributed by atoms with E-state index in [1.54, 1.807) is 17.5 Å². The van der Waals surface area contributed by atoms with Crippen LogP contribution in [-0.4, -0.2) is 15.8 Å². The monoisotopic (exact) mass is 396 g/mol. The van der Waals surface area contributed by atoms with E-state index in [1.165, 1.54) is 12.8 Å². The van der Waals surface area contributed by atoms with Crippen molar-refractivity contribution >= 4 is 44.7 Å². The van der Waals surface area contributed by atoms with Crippen molar-refractivity contribution in [3.63, 3.8) is 0 Å². The van der Waals surface area contributed by atoms with Gasteiger partial charge in [0, 0.05) is 23.4 Å². The van der Waals surface area contributed by atoms with Gasteiger partial charge in [0.25, 0.3) is 0 Å². The van der Waals surface area contributed by atoms with Gasteiger partial charge in [-0.2, -0.15) is 0 Å². The summed E-state index contributed by atoms with van der Waals surface area (Å²) in [5, 5.41) is 12.3. The first-order valence-electron chi connectivity index (χ1n) is 7.14. The molecule has 2 aromatic rings. The molecular weight excluding hydrogens is 384 g/mol. The largest absolute Gasteiger partial charge is 0.359 e. The standard InChI is InChI=1S/C15H14BrClN4S/c1-15(12-9(17)4-11(16)22-12)5-10-8(13(18)21-15)6-19-14(20-10)7-2-3-7/h4,6-7H,2-3,5H2,1H3,(H2,18,21)/t15-/m0/s1. The van der Waals surface area contributed by atoms with Gasteiger partial charge in [0.2, 0.25) is 0 Å². The third-order valence-corrected chi connectivity index (χ3v) is 6.49. The van der Waals surface area contributed by atoms with Crippen LogP contribution in [0.2, 0.25) is 5.02 Å². The van der Waals surface area contributed by atoms with Gasteiger partial charge in [-0.15, -0.1) is 11.3 Å². The Balaban J connectivity index is 1.77. The minimum atomic E-state index is -0.410. The average molecular weight is 398 g/mol. The molecule has 0 bridgehead atoms. The Bertz CT molecular complexity index is 786. The lowest BCUT2D eigenvalue weighted by atomic mass is 9.87. The number of hydrogen-bond acceptors (Lipinski definition) is 4. The number of fused-ring (bicyclic) bond motifs is 1. The smallest absolute Gasteiger partial charge is 0.131 e. The second-order valence-corrected chi connectivity index (χ2v) is 8.94. The highest BCUT2D eigenvalue weighted by atomic mass is 79.9. The molecule has 0 aromatic carbocycles. The maximum absolute atomic E-state index is 8.30. The van der Waals surface area contributed by atoms with Gasteiger partial charge in [-0.1, -0.05) is 11.6 Å². The summed E-state index contributed by atoms with van der Waals surface area (Å²) in [6.45, 7) is 2.08. The highest BCUT2D eigenvalue weighted by molar-refractivity contribution is 9.11. The predicted octanol–water partition coefficient (Wildman–Crippen LogP) is 4.22. The lowest BCUT2D eigenvalue weighted by molar-refractivity contribution is 0.423. The van der Waals surface area contributed by atoms with Gasteiger partial charge in [-0.3, -0.25) is 5.41 Å². The number of halogens is 2. The van der Waals surface area contributed by atoms with Crippen LogP contribution in [0.5, 0.6) is 0 Å². The molecule has 0 radical (unpaired) electrons. The zero-order valence-electron chi connectivity index (χ0n) is 11.9. The van der Waals surface area contributed by atoms with Gasteiger partial charge in [0.05, 0.1) is 25.6 Å². The van der Waals surface area contributed by atoms with Crippen LogP contribution in [-0.2, 0) is 12.0 Å². The Morgan fingerprint density at radius 3 is 2.91 bits per heavy atom. The van der Waals surface area contributed by atoms with E-state index in [1.807, 2.05) is 6.07 Å². The van der Waals surface area contributed by atoms with Crippen LogP contribution in [0.15, 0.2) is 16.0 Å². The van der Waals surface area contributed by atoms with E-state index in [-0.39, 0.29) is 0 Å². The molecule has 2 aromatic heterocycles. The van der Waals surface area contributed by atoms with Crippen molar-refractivity contribution in [3.05, 3.63) is 43.0 Å². The third kappa shape index (κ3) is 2.37. The fraction of sp³-hybridized carbons (Fsp3) is 0.400. The first-order chi connectivity index (χ1) is 10.5. The number of hydrogen-bond donors (Lipinski definition) is 2. The van der Waals surface area contributed by atoms with E-state index in [9.17, 15) is 0 Å². The molecule has 0 saturated heterocycles. The number of rotatable bonds is 2. The molecule has 7 heteroatoms. The molecule has 0 spiro atoms. The molecule has 2 aliphatic rings. The summed E-state index contributed by atoms with van der Waals surface area (Å²) in [7, 11) is 0. The summed E-state index contributed by atoms with van der Waals surface area (Å²) in [6.07, 6.45) is 4.85. The molecule has 1 atom stereocenters. The minimum absolute atomic E-state index is 0.367. The van der Waals surface area contributed by atoms with Crippen molar-refractivity contribution in [2.45, 2.75) is 37.6 Å². The summed E-state index contributed by atoms with van der Waals surface area (Å²) in [5.41, 5.74) is 1.34. The third-order valence-electron chi connectivity index (χ3n) is 4.18. The molecule has 0 amide bonds. The molecule has 22 heavy (non-hydrogen) atoms. The zero-order chi connectivity index (χ0) is 15.5. The fourth-order valence-corrected chi connectivity index (χ4v) is 5.11. The quantitative estimate of drug-likeness (QED) is 0.797. The Kier molecular flexibility index (Phi) is 3.33. The van der Waals surface area contributed by atoms with Crippen molar-refractivity contribution < 1.29 is 0 Å². The Morgan fingerprint density at radius 1 is 1.50 bits per heavy atom. The number of nitrogens with one attached hydrogen (secondary N) is 2. The molecule has 114 valence electrons. The Labute approximate surface area is 146 Å². The van der Waals surface area contributed by atoms with Crippen LogP contribution in [0.4, 0.5) is 0 Å². The molecule has 2 N–H and O–H groups in total. The van der Waals surface area contributed by atoms with Crippen LogP contribution in [0, 0.1) is 5.41 Å². The van der Waals surface area contributed by atoms with Crippen LogP contribution in [0.3, 0.4) is 0 Å². The minimum Gasteiger partial charge on any atom is -0.359 e. The van der Waals surface area contributed by atoms with Crippen LogP contribution in [0.25, 0.3) is 0 Å². The maximum atomic E-state index is 8.30. The highest BCUT2D eigenvalue weighted by Crippen LogP contribution is 2.42. The summed E-state index contributed by atoms with van der Waals surface area (Å²) in [6, 6.07) is 1.91. The molecular formula is C15H14BrClN4S. The van der Waals surface area contributed by atoms with Gasteiger partial charge in [-0.05, 0) is 41.8 Å². The van der Waals surface area contributed by atoms with Crippen molar-refractivity contribution in [2.24, 2.45) is 0 Å². The number of thiophene rings is 1. The molecule has 0 unspecified atom stereocenters. The van der Waals surface area contributed by atoms with E-state index < -0.39 is 5.54 Å². The van der Waals surface area contributed by atoms with E-state index in [0.717, 1.165) is 30.8 Å². The summed E-state index contributed by atoms with van der Waals surface area (Å²) >= 11 is 11.5. The van der Waals surface area contributed by atoms with Gasteiger partial charge in [0.1, 0.15) is 11.7 Å². The second kappa shape index (κ2) is 5.01. The van der Waals surface area contributed by atoms with Gasteiger partial charge in [-0.25, -0.2) is 9.97 Å². The van der Waals surface area contributed by atoms with Crippen molar-refractivity contribution in [1.29, 1.82) is 5.41 Å². The number of aromatic nitrogens is 2. The summed E-state index contributed by atoms with van der Waals surface area (Å²) in [5.74, 6) is 1.81. The van der Waals surface area contributed by atoms with E-state index in [0.29, 0.717) is 18.2 Å². The van der Waals surface area contributed by atoms with Crippen molar-refractivity contribution in [3.8, 4) is 0 Å². The van der Waals surface area contributed by atoms with Crippen LogP contribution >= 0.6 is 38.9 Å². The molecule has 4 rings (SSSR count).